The summed E-state index contributed by atoms with van der Waals surface area (Å²) in [5.74, 6) is -0.415. The molecule has 25 heavy (non-hydrogen) atoms. The fourth-order valence-electron chi connectivity index (χ4n) is 2.16. The van der Waals surface area contributed by atoms with Crippen molar-refractivity contribution in [1.82, 2.24) is 0 Å². The van der Waals surface area contributed by atoms with E-state index in [0.717, 1.165) is 5.56 Å². The number of hydrogen-bond donors (Lipinski definition) is 1. The van der Waals surface area contributed by atoms with Crippen molar-refractivity contribution in [3.05, 3.63) is 74.8 Å². The Labute approximate surface area is 151 Å². The summed E-state index contributed by atoms with van der Waals surface area (Å²) in [6.45, 7) is 6.40. The molecule has 2 rings (SSSR count). The number of nitrogens with one attached hydrogen (secondary N) is 1. The van der Waals surface area contributed by atoms with Crippen LogP contribution in [0, 0.1) is 10.1 Å². The lowest BCUT2D eigenvalue weighted by Crippen LogP contribution is -2.10. The number of carbonyl (C=O) groups excluding carboxylic acids is 1. The molecule has 0 fully saturated rings. The van der Waals surface area contributed by atoms with Crippen LogP contribution in [-0.2, 0) is 10.2 Å². The Morgan fingerprint density at radius 1 is 1.16 bits per heavy atom. The average Bonchev–Trinajstić information content (AvgIpc) is 2.54. The maximum absolute atomic E-state index is 12.0. The number of benzene rings is 2. The Kier molecular flexibility index (Phi) is 5.59. The molecular formula is C19H19ClN2O3. The second kappa shape index (κ2) is 7.49. The van der Waals surface area contributed by atoms with Crippen LogP contribution >= 0.6 is 11.6 Å². The van der Waals surface area contributed by atoms with E-state index in [-0.39, 0.29) is 21.8 Å². The highest BCUT2D eigenvalue weighted by Gasteiger charge is 2.13. The van der Waals surface area contributed by atoms with Crippen LogP contribution in [0.25, 0.3) is 6.08 Å². The number of hydrogen-bond acceptors (Lipinski definition) is 3. The van der Waals surface area contributed by atoms with E-state index in [4.69, 9.17) is 11.6 Å². The molecule has 2 aromatic carbocycles. The highest BCUT2D eigenvalue weighted by molar-refractivity contribution is 6.34. The number of nitro groups is 1. The van der Waals surface area contributed by atoms with Crippen molar-refractivity contribution in [2.45, 2.75) is 26.2 Å². The molecule has 0 aliphatic rings. The molecule has 0 saturated heterocycles. The molecule has 0 spiro atoms. The van der Waals surface area contributed by atoms with E-state index in [9.17, 15) is 14.9 Å². The monoisotopic (exact) mass is 358 g/mol. The molecule has 0 saturated carbocycles. The topological polar surface area (TPSA) is 72.2 Å². The van der Waals surface area contributed by atoms with Crippen LogP contribution < -0.4 is 5.32 Å². The van der Waals surface area contributed by atoms with Gasteiger partial charge in [0.25, 0.3) is 5.69 Å². The lowest BCUT2D eigenvalue weighted by molar-refractivity contribution is -0.384. The van der Waals surface area contributed by atoms with Gasteiger partial charge in [-0.3, -0.25) is 14.9 Å². The minimum atomic E-state index is -0.543. The Balaban J connectivity index is 2.08. The van der Waals surface area contributed by atoms with Crippen molar-refractivity contribution in [2.24, 2.45) is 0 Å². The van der Waals surface area contributed by atoms with Gasteiger partial charge in [0.1, 0.15) is 0 Å². The van der Waals surface area contributed by atoms with Crippen LogP contribution in [0.3, 0.4) is 0 Å². The first kappa shape index (κ1) is 18.7. The van der Waals surface area contributed by atoms with Gasteiger partial charge in [0.2, 0.25) is 5.91 Å². The van der Waals surface area contributed by atoms with E-state index in [1.165, 1.54) is 29.8 Å². The predicted molar refractivity (Wildman–Crippen MR) is 101 cm³/mol. The zero-order chi connectivity index (χ0) is 18.6. The standard InChI is InChI=1S/C19H19ClN2O3/c1-19(2,3)14-7-4-13(5-8-14)6-11-18(23)21-17-12-15(22(24)25)9-10-16(17)20/h4-12H,1-3H3,(H,21,23)/b11-6+. The summed E-state index contributed by atoms with van der Waals surface area (Å²) in [6.07, 6.45) is 3.04. The van der Waals surface area contributed by atoms with Gasteiger partial charge >= 0.3 is 0 Å². The second-order valence-electron chi connectivity index (χ2n) is 6.62. The normalized spacial score (nSPS) is 11.5. The molecule has 5 nitrogen and oxygen atoms in total. The molecule has 0 heterocycles. The van der Waals surface area contributed by atoms with E-state index in [1.54, 1.807) is 6.08 Å². The quantitative estimate of drug-likeness (QED) is 0.464. The number of nitrogens with zero attached hydrogens (tertiary/aromatic N) is 1. The van der Waals surface area contributed by atoms with Crippen molar-refractivity contribution in [3.63, 3.8) is 0 Å². The fourth-order valence-corrected chi connectivity index (χ4v) is 2.33. The third-order valence-corrected chi connectivity index (χ3v) is 3.95. The summed E-state index contributed by atoms with van der Waals surface area (Å²) in [5, 5.41) is 13.6. The molecule has 0 aliphatic heterocycles. The van der Waals surface area contributed by atoms with Gasteiger partial charge in [-0.2, -0.15) is 0 Å². The molecule has 0 unspecified atom stereocenters. The third-order valence-electron chi connectivity index (χ3n) is 3.62. The zero-order valence-electron chi connectivity index (χ0n) is 14.2. The van der Waals surface area contributed by atoms with Gasteiger partial charge in [-0.1, -0.05) is 56.6 Å². The number of non-ortho nitro benzene ring substituents is 1. The molecule has 0 radical (unpaired) electrons. The number of halogens is 1. The highest BCUT2D eigenvalue weighted by Crippen LogP contribution is 2.27. The van der Waals surface area contributed by atoms with Crippen molar-refractivity contribution in [2.75, 3.05) is 5.32 Å². The summed E-state index contributed by atoms with van der Waals surface area (Å²) in [5.41, 5.74) is 2.22. The molecule has 0 aromatic heterocycles. The Hall–Kier alpha value is -2.66. The van der Waals surface area contributed by atoms with Crippen LogP contribution in [0.4, 0.5) is 11.4 Å². The zero-order valence-corrected chi connectivity index (χ0v) is 15.0. The van der Waals surface area contributed by atoms with Crippen molar-refractivity contribution < 1.29 is 9.72 Å². The first-order valence-electron chi connectivity index (χ1n) is 7.70. The number of anilines is 1. The average molecular weight is 359 g/mol. The molecule has 1 N–H and O–H groups in total. The summed E-state index contributed by atoms with van der Waals surface area (Å²) >= 11 is 5.96. The molecular weight excluding hydrogens is 340 g/mol. The molecule has 0 bridgehead atoms. The van der Waals surface area contributed by atoms with E-state index in [2.05, 4.69) is 26.1 Å². The largest absolute Gasteiger partial charge is 0.321 e. The van der Waals surface area contributed by atoms with Gasteiger partial charge in [0.15, 0.2) is 0 Å². The molecule has 6 heteroatoms. The van der Waals surface area contributed by atoms with E-state index >= 15 is 0 Å². The Morgan fingerprint density at radius 3 is 2.36 bits per heavy atom. The fraction of sp³-hybridized carbons (Fsp3) is 0.211. The molecule has 0 atom stereocenters. The first-order chi connectivity index (χ1) is 11.7. The van der Waals surface area contributed by atoms with Crippen LogP contribution in [0.2, 0.25) is 5.02 Å². The SMILES string of the molecule is CC(C)(C)c1ccc(/C=C/C(=O)Nc2cc([N+](=O)[O-])ccc2Cl)cc1. The highest BCUT2D eigenvalue weighted by atomic mass is 35.5. The maximum Gasteiger partial charge on any atom is 0.271 e. The number of carbonyl (C=O) groups is 1. The van der Waals surface area contributed by atoms with E-state index < -0.39 is 10.8 Å². The predicted octanol–water partition coefficient (Wildman–Crippen LogP) is 5.20. The molecule has 130 valence electrons. The second-order valence-corrected chi connectivity index (χ2v) is 7.02. The van der Waals surface area contributed by atoms with Gasteiger partial charge in [-0.15, -0.1) is 0 Å². The maximum atomic E-state index is 12.0. The summed E-state index contributed by atoms with van der Waals surface area (Å²) in [7, 11) is 0. The van der Waals surface area contributed by atoms with Gasteiger partial charge in [-0.05, 0) is 28.7 Å². The van der Waals surface area contributed by atoms with Crippen molar-refractivity contribution >= 4 is 35.0 Å². The molecule has 2 aromatic rings. The molecule has 1 amide bonds. The summed E-state index contributed by atoms with van der Waals surface area (Å²) in [4.78, 5) is 22.3. The smallest absolute Gasteiger partial charge is 0.271 e. The van der Waals surface area contributed by atoms with Crippen LogP contribution in [0.1, 0.15) is 31.9 Å². The molecule has 0 aliphatic carbocycles. The van der Waals surface area contributed by atoms with Gasteiger partial charge in [0, 0.05) is 18.2 Å². The van der Waals surface area contributed by atoms with Crippen LogP contribution in [0.5, 0.6) is 0 Å². The van der Waals surface area contributed by atoms with Gasteiger partial charge in [0.05, 0.1) is 15.6 Å². The summed E-state index contributed by atoms with van der Waals surface area (Å²) in [6, 6.07) is 11.8. The van der Waals surface area contributed by atoms with Crippen molar-refractivity contribution in [1.29, 1.82) is 0 Å². The third kappa shape index (κ3) is 5.16. The van der Waals surface area contributed by atoms with Gasteiger partial charge < -0.3 is 5.32 Å². The minimum Gasteiger partial charge on any atom is -0.321 e. The van der Waals surface area contributed by atoms with Crippen LogP contribution in [0.15, 0.2) is 48.5 Å². The van der Waals surface area contributed by atoms with E-state index in [1.807, 2.05) is 24.3 Å². The van der Waals surface area contributed by atoms with Crippen molar-refractivity contribution in [3.8, 4) is 0 Å². The van der Waals surface area contributed by atoms with Crippen LogP contribution in [-0.4, -0.2) is 10.8 Å². The lowest BCUT2D eigenvalue weighted by atomic mass is 9.87. The first-order valence-corrected chi connectivity index (χ1v) is 8.08. The lowest BCUT2D eigenvalue weighted by Gasteiger charge is -2.18. The number of rotatable bonds is 4. The van der Waals surface area contributed by atoms with E-state index in [0.29, 0.717) is 0 Å². The number of nitro benzene ring substituents is 1. The minimum absolute atomic E-state index is 0.0679. The Morgan fingerprint density at radius 2 is 1.80 bits per heavy atom. The Bertz CT molecular complexity index is 822. The summed E-state index contributed by atoms with van der Waals surface area (Å²) < 4.78 is 0. The van der Waals surface area contributed by atoms with Gasteiger partial charge in [-0.25, -0.2) is 0 Å². The number of amides is 1.